The molecule has 1 aromatic heterocycles. The van der Waals surface area contributed by atoms with Crippen molar-refractivity contribution in [2.75, 3.05) is 0 Å². The summed E-state index contributed by atoms with van der Waals surface area (Å²) < 4.78 is 9.40. The molecule has 0 saturated heterocycles. The van der Waals surface area contributed by atoms with Crippen LogP contribution in [0, 0.1) is 0 Å². The summed E-state index contributed by atoms with van der Waals surface area (Å²) >= 11 is 8.07. The average molecular weight is 239 g/mol. The van der Waals surface area contributed by atoms with Gasteiger partial charge in [0.15, 0.2) is 16.3 Å². The fourth-order valence-electron chi connectivity index (χ4n) is 0.565. The van der Waals surface area contributed by atoms with Crippen LogP contribution in [-0.4, -0.2) is 0 Å². The number of rotatable bonds is 2. The molecule has 0 aliphatic heterocycles. The molecule has 11 heavy (non-hydrogen) atoms. The Labute approximate surface area is 76.4 Å². The molecule has 0 amide bonds. The van der Waals surface area contributed by atoms with Crippen molar-refractivity contribution in [1.82, 2.24) is 0 Å². The molecule has 0 unspecified atom stereocenters. The highest BCUT2D eigenvalue weighted by molar-refractivity contribution is 9.06. The molecule has 1 heterocycles. The van der Waals surface area contributed by atoms with Gasteiger partial charge >= 0.3 is 0 Å². The van der Waals surface area contributed by atoms with Gasteiger partial charge in [0.25, 0.3) is 0 Å². The Bertz CT molecular complexity index is 296. The predicted molar refractivity (Wildman–Crippen MR) is 44.1 cm³/mol. The summed E-state index contributed by atoms with van der Waals surface area (Å²) in [7, 11) is 0. The van der Waals surface area contributed by atoms with E-state index < -0.39 is 0 Å². The van der Waals surface area contributed by atoms with Gasteiger partial charge in [-0.1, -0.05) is 0 Å². The first-order valence-electron chi connectivity index (χ1n) is 2.74. The number of hydrogen-bond acceptors (Lipinski definition) is 3. The number of hydrogen-bond donors (Lipinski definition) is 0. The highest BCUT2D eigenvalue weighted by atomic mass is 79.9. The zero-order chi connectivity index (χ0) is 8.27. The van der Waals surface area contributed by atoms with E-state index in [9.17, 15) is 4.79 Å². The van der Waals surface area contributed by atoms with Gasteiger partial charge in [0.1, 0.15) is 12.0 Å². The largest absolute Gasteiger partial charge is 0.464 e. The second-order valence-electron chi connectivity index (χ2n) is 1.79. The molecule has 0 radical (unpaired) electrons. The van der Waals surface area contributed by atoms with Crippen LogP contribution in [0.4, 0.5) is 0 Å². The number of halogens is 2. The fraction of sp³-hybridized carbons (Fsp3) is 0.167. The summed E-state index contributed by atoms with van der Waals surface area (Å²) in [5.41, 5.74) is -0.260. The second kappa shape index (κ2) is 3.78. The van der Waals surface area contributed by atoms with Crippen molar-refractivity contribution >= 4 is 27.9 Å². The highest BCUT2D eigenvalue weighted by Gasteiger charge is 2.01. The monoisotopic (exact) mass is 238 g/mol. The zero-order valence-corrected chi connectivity index (χ0v) is 7.68. The molecule has 1 aromatic rings. The van der Waals surface area contributed by atoms with Crippen molar-refractivity contribution in [2.45, 2.75) is 5.88 Å². The molecule has 3 nitrogen and oxygen atoms in total. The maximum Gasteiger partial charge on any atom is 0.228 e. The quantitative estimate of drug-likeness (QED) is 0.742. The van der Waals surface area contributed by atoms with Crippen LogP contribution in [0.15, 0.2) is 21.5 Å². The Kier molecular flexibility index (Phi) is 2.96. The lowest BCUT2D eigenvalue weighted by Crippen LogP contribution is -2.01. The molecular weight excluding hydrogens is 235 g/mol. The number of alkyl halides is 1. The maximum atomic E-state index is 11.0. The molecule has 1 rings (SSSR count). The van der Waals surface area contributed by atoms with Crippen LogP contribution in [0.2, 0.25) is 0 Å². The Morgan fingerprint density at radius 1 is 1.73 bits per heavy atom. The molecule has 0 aliphatic carbocycles. The van der Waals surface area contributed by atoms with Crippen LogP contribution in [0.3, 0.4) is 0 Å². The summed E-state index contributed by atoms with van der Waals surface area (Å²) in [5.74, 6) is 0.710. The first-order valence-corrected chi connectivity index (χ1v) is 3.92. The Morgan fingerprint density at radius 2 is 2.45 bits per heavy atom. The molecular formula is C6H4BrClO3. The first-order chi connectivity index (χ1) is 5.27. The van der Waals surface area contributed by atoms with Gasteiger partial charge in [-0.15, -0.1) is 11.6 Å². The minimum atomic E-state index is -0.260. The third kappa shape index (κ3) is 1.97. The minimum Gasteiger partial charge on any atom is -0.464 e. The molecule has 0 atom stereocenters. The van der Waals surface area contributed by atoms with Crippen molar-refractivity contribution in [1.29, 1.82) is 0 Å². The summed E-state index contributed by atoms with van der Waals surface area (Å²) in [6, 6.07) is 1.28. The first kappa shape index (κ1) is 8.62. The van der Waals surface area contributed by atoms with Gasteiger partial charge in [-0.3, -0.25) is 4.79 Å². The SMILES string of the molecule is O=c1cc(CCl)occ1OBr. The van der Waals surface area contributed by atoms with Crippen molar-refractivity contribution in [3.63, 3.8) is 0 Å². The van der Waals surface area contributed by atoms with E-state index in [4.69, 9.17) is 16.0 Å². The van der Waals surface area contributed by atoms with Crippen molar-refractivity contribution in [2.24, 2.45) is 0 Å². The van der Waals surface area contributed by atoms with Gasteiger partial charge in [-0.25, -0.2) is 0 Å². The third-order valence-corrected chi connectivity index (χ3v) is 1.68. The van der Waals surface area contributed by atoms with Gasteiger partial charge in [0.05, 0.1) is 5.88 Å². The van der Waals surface area contributed by atoms with Crippen LogP contribution in [-0.2, 0) is 5.88 Å². The van der Waals surface area contributed by atoms with Crippen LogP contribution in [0.5, 0.6) is 5.75 Å². The van der Waals surface area contributed by atoms with E-state index in [2.05, 4.69) is 20.1 Å². The Balaban J connectivity index is 3.10. The van der Waals surface area contributed by atoms with E-state index in [0.29, 0.717) is 5.76 Å². The molecule has 60 valence electrons. The molecule has 0 N–H and O–H groups in total. The molecule has 0 spiro atoms. The minimum absolute atomic E-state index is 0.110. The van der Waals surface area contributed by atoms with E-state index in [1.165, 1.54) is 12.3 Å². The lowest BCUT2D eigenvalue weighted by atomic mass is 10.4. The summed E-state index contributed by atoms with van der Waals surface area (Å²) in [4.78, 5) is 11.0. The van der Waals surface area contributed by atoms with Gasteiger partial charge in [-0.2, -0.15) is 0 Å². The van der Waals surface area contributed by atoms with Crippen molar-refractivity contribution in [3.05, 3.63) is 28.3 Å². The molecule has 0 saturated carbocycles. The summed E-state index contributed by atoms with van der Waals surface area (Å²) in [6.07, 6.45) is 1.20. The summed E-state index contributed by atoms with van der Waals surface area (Å²) in [5, 5.41) is 0. The molecule has 0 fully saturated rings. The average Bonchev–Trinajstić information content (AvgIpc) is 2.04. The van der Waals surface area contributed by atoms with E-state index >= 15 is 0 Å². The smallest absolute Gasteiger partial charge is 0.228 e. The molecule has 0 aromatic carbocycles. The van der Waals surface area contributed by atoms with Gasteiger partial charge < -0.3 is 8.25 Å². The van der Waals surface area contributed by atoms with Crippen LogP contribution in [0.1, 0.15) is 5.76 Å². The van der Waals surface area contributed by atoms with E-state index in [-0.39, 0.29) is 17.1 Å². The summed E-state index contributed by atoms with van der Waals surface area (Å²) in [6.45, 7) is 0. The van der Waals surface area contributed by atoms with Crippen LogP contribution in [0.25, 0.3) is 0 Å². The normalized spacial score (nSPS) is 9.64. The highest BCUT2D eigenvalue weighted by Crippen LogP contribution is 2.08. The lowest BCUT2D eigenvalue weighted by molar-refractivity contribution is 0.484. The van der Waals surface area contributed by atoms with Crippen molar-refractivity contribution < 1.29 is 8.25 Å². The fourth-order valence-corrected chi connectivity index (χ4v) is 0.941. The Morgan fingerprint density at radius 3 is 2.91 bits per heavy atom. The van der Waals surface area contributed by atoms with Gasteiger partial charge in [-0.05, 0) is 0 Å². The van der Waals surface area contributed by atoms with Crippen molar-refractivity contribution in [3.8, 4) is 5.75 Å². The van der Waals surface area contributed by atoms with Crippen LogP contribution >= 0.6 is 27.9 Å². The van der Waals surface area contributed by atoms with Crippen LogP contribution < -0.4 is 9.26 Å². The lowest BCUT2D eigenvalue weighted by Gasteiger charge is -1.95. The third-order valence-electron chi connectivity index (χ3n) is 1.07. The van der Waals surface area contributed by atoms with E-state index in [1.54, 1.807) is 0 Å². The Hall–Kier alpha value is -0.480. The topological polar surface area (TPSA) is 39.4 Å². The zero-order valence-electron chi connectivity index (χ0n) is 5.34. The predicted octanol–water partition coefficient (Wildman–Crippen LogP) is 2.07. The molecule has 0 aliphatic rings. The molecule has 0 bridgehead atoms. The van der Waals surface area contributed by atoms with E-state index in [0.717, 1.165) is 0 Å². The standard InChI is InChI=1S/C6H4BrClO3/c7-11-6-3-10-4(2-8)1-5(6)9/h1,3H,2H2. The van der Waals surface area contributed by atoms with Gasteiger partial charge in [0.2, 0.25) is 11.2 Å². The maximum absolute atomic E-state index is 11.0. The molecule has 5 heteroatoms. The second-order valence-corrected chi connectivity index (χ2v) is 2.38. The van der Waals surface area contributed by atoms with E-state index in [1.807, 2.05) is 0 Å². The van der Waals surface area contributed by atoms with Gasteiger partial charge in [0, 0.05) is 6.07 Å².